The lowest BCUT2D eigenvalue weighted by atomic mass is 9.84. The van der Waals surface area contributed by atoms with E-state index in [4.69, 9.17) is 10.7 Å². The van der Waals surface area contributed by atoms with E-state index in [0.717, 1.165) is 0 Å². The van der Waals surface area contributed by atoms with Crippen LogP contribution in [0.3, 0.4) is 0 Å². The maximum absolute atomic E-state index is 7.48. The summed E-state index contributed by atoms with van der Waals surface area (Å²) in [6, 6.07) is 5.24. The predicted molar refractivity (Wildman–Crippen MR) is 60.0 cm³/mol. The average Bonchev–Trinajstić information content (AvgIpc) is 2.36. The molecule has 3 nitrogen and oxygen atoms in total. The van der Waals surface area contributed by atoms with E-state index in [1.807, 2.05) is 33.8 Å². The van der Waals surface area contributed by atoms with Crippen molar-refractivity contribution in [2.75, 3.05) is 0 Å². The molecule has 1 fully saturated rings. The van der Waals surface area contributed by atoms with Crippen molar-refractivity contribution < 1.29 is 10.7 Å². The maximum Gasteiger partial charge on any atom is 0.514 e. The minimum Gasteiger partial charge on any atom is -0.398 e. The van der Waals surface area contributed by atoms with Crippen molar-refractivity contribution in [1.82, 2.24) is 4.98 Å². The van der Waals surface area contributed by atoms with Crippen molar-refractivity contribution in [3.05, 3.63) is 24.4 Å². The molecule has 0 N–H and O–H groups in total. The van der Waals surface area contributed by atoms with E-state index in [9.17, 15) is 0 Å². The Morgan fingerprint density at radius 3 is 2.33 bits per heavy atom. The first-order chi connectivity index (χ1) is 7.32. The maximum atomic E-state index is 7.48. The van der Waals surface area contributed by atoms with Gasteiger partial charge in [0.05, 0.1) is 18.2 Å². The number of pyridine rings is 1. The number of aromatic nitrogens is 1. The van der Waals surface area contributed by atoms with E-state index in [1.54, 1.807) is 12.1 Å². The zero-order valence-corrected chi connectivity index (χ0v) is 9.57. The van der Waals surface area contributed by atoms with Crippen molar-refractivity contribution in [2.45, 2.75) is 38.9 Å². The third kappa shape index (κ3) is 1.79. The molecule has 2 heterocycles. The summed E-state index contributed by atoms with van der Waals surface area (Å²) in [5.74, 6) is 0. The van der Waals surface area contributed by atoms with Gasteiger partial charge in [0.15, 0.2) is 0 Å². The van der Waals surface area contributed by atoms with Crippen LogP contribution < -0.4 is 5.59 Å². The molecule has 0 amide bonds. The lowest BCUT2D eigenvalue weighted by Gasteiger charge is -2.32. The first-order valence-corrected chi connectivity index (χ1v) is 5.11. The van der Waals surface area contributed by atoms with Gasteiger partial charge in [-0.15, -0.1) is 0 Å². The molecule has 0 bridgehead atoms. The second-order valence-corrected chi connectivity index (χ2v) is 4.78. The van der Waals surface area contributed by atoms with E-state index in [2.05, 4.69) is 4.98 Å². The van der Waals surface area contributed by atoms with Crippen LogP contribution in [0.5, 0.6) is 0 Å². The summed E-state index contributed by atoms with van der Waals surface area (Å²) >= 11 is 0. The molecular weight excluding hydrogens is 189 g/mol. The Hall–Kier alpha value is -0.865. The van der Waals surface area contributed by atoms with Crippen LogP contribution in [0.2, 0.25) is 0 Å². The lowest BCUT2D eigenvalue weighted by Crippen LogP contribution is -2.41. The van der Waals surface area contributed by atoms with Crippen molar-refractivity contribution in [3.63, 3.8) is 0 Å². The molecule has 4 heteroatoms. The third-order valence-corrected chi connectivity index (χ3v) is 3.13. The molecular formula is C11H16BNO2. The van der Waals surface area contributed by atoms with Gasteiger partial charge in [-0.1, -0.05) is 6.07 Å². The molecule has 0 saturated carbocycles. The molecule has 1 aliphatic rings. The van der Waals surface area contributed by atoms with Crippen molar-refractivity contribution in [3.8, 4) is 0 Å². The normalized spacial score (nSPS) is 24.0. The molecule has 0 aliphatic carbocycles. The molecule has 0 radical (unpaired) electrons. The van der Waals surface area contributed by atoms with Gasteiger partial charge in [0.25, 0.3) is 0 Å². The van der Waals surface area contributed by atoms with Crippen LogP contribution in [0.15, 0.2) is 24.4 Å². The van der Waals surface area contributed by atoms with Gasteiger partial charge in [0.1, 0.15) is 0 Å². The molecule has 80 valence electrons. The molecule has 0 unspecified atom stereocenters. The quantitative estimate of drug-likeness (QED) is 0.650. The summed E-state index contributed by atoms with van der Waals surface area (Å²) in [6.45, 7) is 7.99. The summed E-state index contributed by atoms with van der Waals surface area (Å²) in [7, 11) is -0.477. The predicted octanol–water partition coefficient (Wildman–Crippen LogP) is 1.38. The Morgan fingerprint density at radius 2 is 1.80 bits per heavy atom. The third-order valence-electron chi connectivity index (χ3n) is 3.13. The molecule has 1 aromatic heterocycles. The molecule has 1 aromatic rings. The van der Waals surface area contributed by atoms with Crippen molar-refractivity contribution in [1.29, 1.82) is 0 Å². The van der Waals surface area contributed by atoms with Gasteiger partial charge in [0, 0.05) is 6.17 Å². The van der Waals surface area contributed by atoms with Gasteiger partial charge in [-0.05, 0) is 39.8 Å². The Bertz CT molecular complexity index is 393. The average molecular weight is 206 g/mol. The SMILES string of the molecule is [2H]c1cccc(B2OC(C)(C)C(C)(C)O2)n1. The van der Waals surface area contributed by atoms with Crippen LogP contribution in [0.4, 0.5) is 0 Å². The number of hydrogen-bond acceptors (Lipinski definition) is 3. The highest BCUT2D eigenvalue weighted by Gasteiger charge is 2.52. The van der Waals surface area contributed by atoms with E-state index in [1.165, 1.54) is 0 Å². The van der Waals surface area contributed by atoms with E-state index < -0.39 is 7.12 Å². The van der Waals surface area contributed by atoms with E-state index in [-0.39, 0.29) is 17.4 Å². The topological polar surface area (TPSA) is 31.4 Å². The zero-order chi connectivity index (χ0) is 12.0. The Labute approximate surface area is 92.4 Å². The van der Waals surface area contributed by atoms with Gasteiger partial charge < -0.3 is 9.31 Å². The molecule has 1 aliphatic heterocycles. The highest BCUT2D eigenvalue weighted by Crippen LogP contribution is 2.36. The summed E-state index contributed by atoms with van der Waals surface area (Å²) in [5.41, 5.74) is -0.0690. The second-order valence-electron chi connectivity index (χ2n) is 4.78. The molecule has 0 spiro atoms. The first kappa shape index (κ1) is 9.37. The number of rotatable bonds is 1. The fourth-order valence-corrected chi connectivity index (χ4v) is 1.43. The number of hydrogen-bond donors (Lipinski definition) is 0. The van der Waals surface area contributed by atoms with Crippen molar-refractivity contribution >= 4 is 12.7 Å². The van der Waals surface area contributed by atoms with Crippen LogP contribution >= 0.6 is 0 Å². The number of nitrogens with zero attached hydrogens (tertiary/aromatic N) is 1. The van der Waals surface area contributed by atoms with Crippen molar-refractivity contribution in [2.24, 2.45) is 0 Å². The van der Waals surface area contributed by atoms with Crippen LogP contribution in [0.1, 0.15) is 29.1 Å². The van der Waals surface area contributed by atoms with Crippen LogP contribution in [-0.4, -0.2) is 23.3 Å². The lowest BCUT2D eigenvalue weighted by molar-refractivity contribution is 0.00578. The van der Waals surface area contributed by atoms with Gasteiger partial charge in [-0.3, -0.25) is 4.98 Å². The van der Waals surface area contributed by atoms with Gasteiger partial charge >= 0.3 is 7.12 Å². The smallest absolute Gasteiger partial charge is 0.398 e. The highest BCUT2D eigenvalue weighted by molar-refractivity contribution is 6.61. The molecule has 2 rings (SSSR count). The Balaban J connectivity index is 2.27. The second kappa shape index (κ2) is 3.32. The van der Waals surface area contributed by atoms with Gasteiger partial charge in [0.2, 0.25) is 0 Å². The fourth-order valence-electron chi connectivity index (χ4n) is 1.43. The van der Waals surface area contributed by atoms with Crippen LogP contribution in [0, 0.1) is 0 Å². The van der Waals surface area contributed by atoms with Gasteiger partial charge in [-0.2, -0.15) is 0 Å². The Morgan fingerprint density at radius 1 is 1.20 bits per heavy atom. The van der Waals surface area contributed by atoms with Crippen LogP contribution in [-0.2, 0) is 9.31 Å². The standard InChI is InChI=1S/C11H16BNO2/c1-10(2)11(3,4)15-12(14-10)9-7-5-6-8-13-9/h5-8H,1-4H3/i8D. The fraction of sp³-hybridized carbons (Fsp3) is 0.545. The summed E-state index contributed by atoms with van der Waals surface area (Å²) < 4.78 is 19.1. The summed E-state index contributed by atoms with van der Waals surface area (Å²) in [5, 5.41) is 0. The molecule has 15 heavy (non-hydrogen) atoms. The zero-order valence-electron chi connectivity index (χ0n) is 10.6. The largest absolute Gasteiger partial charge is 0.514 e. The molecule has 0 aromatic carbocycles. The minimum atomic E-state index is -0.477. The molecule has 1 saturated heterocycles. The summed E-state index contributed by atoms with van der Waals surface area (Å²) in [6.07, 6.45) is 0.229. The van der Waals surface area contributed by atoms with Gasteiger partial charge in [-0.25, -0.2) is 0 Å². The monoisotopic (exact) mass is 206 g/mol. The van der Waals surface area contributed by atoms with E-state index >= 15 is 0 Å². The molecule has 0 atom stereocenters. The highest BCUT2D eigenvalue weighted by atomic mass is 16.7. The minimum absolute atomic E-state index is 0.229. The summed E-state index contributed by atoms with van der Waals surface area (Å²) in [4.78, 5) is 4.10. The van der Waals surface area contributed by atoms with Crippen LogP contribution in [0.25, 0.3) is 0 Å². The Kier molecular flexibility index (Phi) is 2.07. The first-order valence-electron chi connectivity index (χ1n) is 5.61. The van der Waals surface area contributed by atoms with E-state index in [0.29, 0.717) is 5.59 Å².